The van der Waals surface area contributed by atoms with E-state index in [1.54, 1.807) is 34.9 Å². The zero-order chi connectivity index (χ0) is 21.6. The van der Waals surface area contributed by atoms with E-state index in [1.165, 1.54) is 4.90 Å². The second-order valence-corrected chi connectivity index (χ2v) is 6.48. The highest BCUT2D eigenvalue weighted by atomic mass is 16.5. The Balaban J connectivity index is 2.00. The van der Waals surface area contributed by atoms with Crippen LogP contribution in [0.25, 0.3) is 0 Å². The number of carbonyl (C=O) groups is 3. The quantitative estimate of drug-likeness (QED) is 0.682. The summed E-state index contributed by atoms with van der Waals surface area (Å²) in [5.74, 6) is -0.908. The van der Waals surface area contributed by atoms with Crippen LogP contribution in [0.2, 0.25) is 0 Å². The Morgan fingerprint density at radius 3 is 2.41 bits per heavy atom. The third-order valence-corrected chi connectivity index (χ3v) is 4.47. The zero-order valence-corrected chi connectivity index (χ0v) is 17.3. The van der Waals surface area contributed by atoms with Gasteiger partial charge in [-0.05, 0) is 32.4 Å². The number of H-pyrrole nitrogens is 1. The molecule has 0 aliphatic carbocycles. The van der Waals surface area contributed by atoms with Crippen LogP contribution in [0.15, 0.2) is 24.3 Å². The van der Waals surface area contributed by atoms with Gasteiger partial charge in [-0.1, -0.05) is 18.2 Å². The van der Waals surface area contributed by atoms with E-state index in [-0.39, 0.29) is 18.2 Å². The molecule has 0 aliphatic rings. The highest BCUT2D eigenvalue weighted by Gasteiger charge is 2.24. The van der Waals surface area contributed by atoms with Crippen LogP contribution in [0.1, 0.15) is 44.6 Å². The molecule has 29 heavy (non-hydrogen) atoms. The first-order valence-electron chi connectivity index (χ1n) is 9.19. The van der Waals surface area contributed by atoms with Gasteiger partial charge in [0.1, 0.15) is 11.4 Å². The summed E-state index contributed by atoms with van der Waals surface area (Å²) in [4.78, 5) is 41.1. The highest BCUT2D eigenvalue weighted by molar-refractivity contribution is 5.99. The minimum Gasteiger partial charge on any atom is -0.496 e. The fraction of sp³-hybridized carbons (Fsp3) is 0.381. The largest absolute Gasteiger partial charge is 0.496 e. The van der Waals surface area contributed by atoms with Crippen molar-refractivity contribution < 1.29 is 28.6 Å². The van der Waals surface area contributed by atoms with Crippen LogP contribution in [-0.2, 0) is 20.8 Å². The molecule has 0 saturated carbocycles. The van der Waals surface area contributed by atoms with Crippen molar-refractivity contribution in [2.45, 2.75) is 27.3 Å². The number of ether oxygens (including phenoxy) is 3. The molecule has 0 atom stereocenters. The number of hydrogen-bond donors (Lipinski definition) is 1. The molecule has 0 fully saturated rings. The molecule has 1 amide bonds. The van der Waals surface area contributed by atoms with Gasteiger partial charge in [0.2, 0.25) is 0 Å². The van der Waals surface area contributed by atoms with Crippen molar-refractivity contribution in [2.24, 2.45) is 0 Å². The summed E-state index contributed by atoms with van der Waals surface area (Å²) >= 11 is 0. The minimum atomic E-state index is -0.708. The van der Waals surface area contributed by atoms with Crippen LogP contribution < -0.4 is 4.74 Å². The predicted molar refractivity (Wildman–Crippen MR) is 106 cm³/mol. The second kappa shape index (κ2) is 9.77. The zero-order valence-electron chi connectivity index (χ0n) is 17.3. The SMILES string of the molecule is CCOC(=O)c1c(C)[nH]c(C(=O)OCC(=O)N(C)Cc2ccccc2OC)c1C. The number of methoxy groups -OCH3 is 1. The normalized spacial score (nSPS) is 10.4. The maximum atomic E-state index is 12.4. The van der Waals surface area contributed by atoms with Crippen molar-refractivity contribution in [3.8, 4) is 5.75 Å². The molecule has 156 valence electrons. The first-order valence-corrected chi connectivity index (χ1v) is 9.19. The van der Waals surface area contributed by atoms with Crippen LogP contribution in [-0.4, -0.2) is 55.1 Å². The molecular weight excluding hydrogens is 376 g/mol. The molecule has 8 heteroatoms. The van der Waals surface area contributed by atoms with Gasteiger partial charge in [0.15, 0.2) is 6.61 Å². The molecule has 0 spiro atoms. The van der Waals surface area contributed by atoms with Gasteiger partial charge in [-0.2, -0.15) is 0 Å². The smallest absolute Gasteiger partial charge is 0.355 e. The monoisotopic (exact) mass is 402 g/mol. The molecule has 2 rings (SSSR count). The van der Waals surface area contributed by atoms with E-state index in [9.17, 15) is 14.4 Å². The Hall–Kier alpha value is -3.29. The lowest BCUT2D eigenvalue weighted by molar-refractivity contribution is -0.133. The van der Waals surface area contributed by atoms with E-state index in [4.69, 9.17) is 14.2 Å². The third kappa shape index (κ3) is 5.16. The molecule has 1 aromatic carbocycles. The molecule has 0 bridgehead atoms. The lowest BCUT2D eigenvalue weighted by atomic mass is 10.1. The standard InChI is InChI=1S/C21H26N2O6/c1-6-28-20(25)18-13(2)19(22-14(18)3)21(26)29-12-17(24)23(4)11-15-9-7-8-10-16(15)27-5/h7-10,22H,6,11-12H2,1-5H3. The average Bonchev–Trinajstić information content (AvgIpc) is 3.00. The lowest BCUT2D eigenvalue weighted by Crippen LogP contribution is -2.31. The number of hydrogen-bond acceptors (Lipinski definition) is 6. The number of aromatic nitrogens is 1. The molecular formula is C21H26N2O6. The number of carbonyl (C=O) groups excluding carboxylic acids is 3. The molecule has 1 aromatic heterocycles. The Bertz CT molecular complexity index is 903. The fourth-order valence-corrected chi connectivity index (χ4v) is 2.95. The van der Waals surface area contributed by atoms with Crippen molar-refractivity contribution in [3.63, 3.8) is 0 Å². The molecule has 0 aliphatic heterocycles. The Labute approximate surface area is 169 Å². The number of para-hydroxylation sites is 1. The number of likely N-dealkylation sites (N-methyl/N-ethyl adjacent to an activating group) is 1. The van der Waals surface area contributed by atoms with Crippen molar-refractivity contribution >= 4 is 17.8 Å². The molecule has 1 N–H and O–H groups in total. The summed E-state index contributed by atoms with van der Waals surface area (Å²) in [7, 11) is 3.18. The highest BCUT2D eigenvalue weighted by Crippen LogP contribution is 2.21. The van der Waals surface area contributed by atoms with Crippen LogP contribution in [0.5, 0.6) is 5.75 Å². The van der Waals surface area contributed by atoms with Gasteiger partial charge in [0.05, 0.1) is 19.3 Å². The second-order valence-electron chi connectivity index (χ2n) is 6.48. The van der Waals surface area contributed by atoms with E-state index < -0.39 is 18.5 Å². The van der Waals surface area contributed by atoms with Crippen LogP contribution in [0.3, 0.4) is 0 Å². The Morgan fingerprint density at radius 1 is 1.07 bits per heavy atom. The molecule has 0 radical (unpaired) electrons. The van der Waals surface area contributed by atoms with Crippen molar-refractivity contribution in [3.05, 3.63) is 52.3 Å². The Morgan fingerprint density at radius 2 is 1.76 bits per heavy atom. The van der Waals surface area contributed by atoms with Crippen molar-refractivity contribution in [1.29, 1.82) is 0 Å². The minimum absolute atomic E-state index is 0.130. The summed E-state index contributed by atoms with van der Waals surface area (Å²) < 4.78 is 15.4. The summed E-state index contributed by atoms with van der Waals surface area (Å²) in [6, 6.07) is 7.37. The van der Waals surface area contributed by atoms with Gasteiger partial charge in [0, 0.05) is 24.8 Å². The Kier molecular flexibility index (Phi) is 7.41. The van der Waals surface area contributed by atoms with E-state index in [0.717, 1.165) is 5.56 Å². The number of nitrogens with one attached hydrogen (secondary N) is 1. The van der Waals surface area contributed by atoms with E-state index in [0.29, 0.717) is 29.1 Å². The van der Waals surface area contributed by atoms with Gasteiger partial charge in [-0.25, -0.2) is 9.59 Å². The van der Waals surface area contributed by atoms with E-state index in [1.807, 2.05) is 24.3 Å². The molecule has 0 saturated heterocycles. The van der Waals surface area contributed by atoms with Gasteiger partial charge >= 0.3 is 11.9 Å². The first-order chi connectivity index (χ1) is 13.8. The summed E-state index contributed by atoms with van der Waals surface area (Å²) in [6.45, 7) is 5.13. The summed E-state index contributed by atoms with van der Waals surface area (Å²) in [6.07, 6.45) is 0. The van der Waals surface area contributed by atoms with Gasteiger partial charge in [-0.3, -0.25) is 4.79 Å². The number of esters is 2. The fourth-order valence-electron chi connectivity index (χ4n) is 2.95. The summed E-state index contributed by atoms with van der Waals surface area (Å²) in [5.41, 5.74) is 2.21. The van der Waals surface area contributed by atoms with Gasteiger partial charge in [-0.15, -0.1) is 0 Å². The number of aromatic amines is 1. The van der Waals surface area contributed by atoms with E-state index in [2.05, 4.69) is 4.98 Å². The first kappa shape index (κ1) is 22.0. The maximum Gasteiger partial charge on any atom is 0.355 e. The number of amides is 1. The van der Waals surface area contributed by atoms with Gasteiger partial charge < -0.3 is 24.1 Å². The molecule has 0 unspecified atom stereocenters. The van der Waals surface area contributed by atoms with Crippen molar-refractivity contribution in [2.75, 3.05) is 27.4 Å². The van der Waals surface area contributed by atoms with Crippen LogP contribution in [0, 0.1) is 13.8 Å². The number of aryl methyl sites for hydroxylation is 1. The summed E-state index contributed by atoms with van der Waals surface area (Å²) in [5, 5.41) is 0. The number of benzene rings is 1. The molecule has 8 nitrogen and oxygen atoms in total. The van der Waals surface area contributed by atoms with Crippen molar-refractivity contribution in [1.82, 2.24) is 9.88 Å². The predicted octanol–water partition coefficient (Wildman–Crippen LogP) is 2.63. The third-order valence-electron chi connectivity index (χ3n) is 4.47. The topological polar surface area (TPSA) is 97.9 Å². The van der Waals surface area contributed by atoms with Crippen LogP contribution >= 0.6 is 0 Å². The maximum absolute atomic E-state index is 12.4. The average molecular weight is 402 g/mol. The molecule has 1 heterocycles. The van der Waals surface area contributed by atoms with Gasteiger partial charge in [0.25, 0.3) is 5.91 Å². The van der Waals surface area contributed by atoms with Crippen LogP contribution in [0.4, 0.5) is 0 Å². The lowest BCUT2D eigenvalue weighted by Gasteiger charge is -2.18. The number of nitrogens with zero attached hydrogens (tertiary/aromatic N) is 1. The molecule has 2 aromatic rings. The number of rotatable bonds is 8. The van der Waals surface area contributed by atoms with E-state index >= 15 is 0 Å².